The highest BCUT2D eigenvalue weighted by Crippen LogP contribution is 2.08. The first-order chi connectivity index (χ1) is 8.67. The van der Waals surface area contributed by atoms with Crippen molar-refractivity contribution in [3.05, 3.63) is 17.5 Å². The summed E-state index contributed by atoms with van der Waals surface area (Å²) in [7, 11) is 1.99. The lowest BCUT2D eigenvalue weighted by atomic mass is 10.3. The normalized spacial score (nSPS) is 10.7. The van der Waals surface area contributed by atoms with Crippen molar-refractivity contribution >= 4 is 5.95 Å². The smallest absolute Gasteiger partial charge is 0.225 e. The highest BCUT2D eigenvalue weighted by Gasteiger charge is 2.07. The molecule has 0 radical (unpaired) electrons. The quantitative estimate of drug-likeness (QED) is 0.708. The molecule has 102 valence electrons. The van der Waals surface area contributed by atoms with E-state index in [2.05, 4.69) is 22.2 Å². The second-order valence-electron chi connectivity index (χ2n) is 4.20. The van der Waals surface area contributed by atoms with Crippen LogP contribution in [0.2, 0.25) is 0 Å². The van der Waals surface area contributed by atoms with Gasteiger partial charge in [-0.15, -0.1) is 0 Å². The van der Waals surface area contributed by atoms with E-state index in [0.717, 1.165) is 43.6 Å². The number of rotatable bonds is 8. The van der Waals surface area contributed by atoms with Crippen LogP contribution in [0, 0.1) is 6.92 Å². The van der Waals surface area contributed by atoms with Crippen molar-refractivity contribution in [3.63, 3.8) is 0 Å². The van der Waals surface area contributed by atoms with Crippen molar-refractivity contribution < 1.29 is 4.74 Å². The molecular weight excluding hydrogens is 228 g/mol. The Morgan fingerprint density at radius 2 is 2.11 bits per heavy atom. The summed E-state index contributed by atoms with van der Waals surface area (Å²) in [5, 5.41) is 3.28. The van der Waals surface area contributed by atoms with E-state index < -0.39 is 0 Å². The monoisotopic (exact) mass is 252 g/mol. The van der Waals surface area contributed by atoms with Gasteiger partial charge >= 0.3 is 0 Å². The number of ether oxygens (including phenoxy) is 1. The number of hydrogen-bond acceptors (Lipinski definition) is 5. The van der Waals surface area contributed by atoms with E-state index in [1.165, 1.54) is 0 Å². The largest absolute Gasteiger partial charge is 0.380 e. The molecule has 0 saturated carbocycles. The van der Waals surface area contributed by atoms with Crippen LogP contribution in [0.1, 0.15) is 25.2 Å². The Hall–Kier alpha value is -1.20. The molecule has 1 aromatic rings. The van der Waals surface area contributed by atoms with Crippen molar-refractivity contribution in [2.45, 2.75) is 27.3 Å². The topological polar surface area (TPSA) is 50.3 Å². The Balaban J connectivity index is 2.65. The fraction of sp³-hybridized carbons (Fsp3) is 0.692. The third-order valence-corrected chi connectivity index (χ3v) is 2.57. The molecule has 1 N–H and O–H groups in total. The van der Waals surface area contributed by atoms with E-state index in [4.69, 9.17) is 4.74 Å². The average Bonchev–Trinajstić information content (AvgIpc) is 2.36. The average molecular weight is 252 g/mol. The van der Waals surface area contributed by atoms with Crippen LogP contribution in [0.4, 0.5) is 5.95 Å². The molecule has 18 heavy (non-hydrogen) atoms. The SMILES string of the molecule is CCNCc1cc(C)nc(N(C)CCOCC)n1. The maximum Gasteiger partial charge on any atom is 0.225 e. The van der Waals surface area contributed by atoms with Crippen LogP contribution in [0.3, 0.4) is 0 Å². The zero-order chi connectivity index (χ0) is 13.4. The molecule has 0 aromatic carbocycles. The van der Waals surface area contributed by atoms with Gasteiger partial charge in [0.15, 0.2) is 0 Å². The van der Waals surface area contributed by atoms with E-state index in [1.807, 2.05) is 31.9 Å². The van der Waals surface area contributed by atoms with Gasteiger partial charge in [-0.1, -0.05) is 6.92 Å². The highest BCUT2D eigenvalue weighted by molar-refractivity contribution is 5.31. The van der Waals surface area contributed by atoms with E-state index in [1.54, 1.807) is 0 Å². The Labute approximate surface area is 110 Å². The number of aryl methyl sites for hydroxylation is 1. The minimum atomic E-state index is 0.701. The fourth-order valence-electron chi connectivity index (χ4n) is 1.58. The molecule has 0 aliphatic rings. The first kappa shape index (κ1) is 14.9. The van der Waals surface area contributed by atoms with Gasteiger partial charge < -0.3 is 15.0 Å². The lowest BCUT2D eigenvalue weighted by molar-refractivity contribution is 0.154. The zero-order valence-electron chi connectivity index (χ0n) is 11.9. The summed E-state index contributed by atoms with van der Waals surface area (Å²) in [5.74, 6) is 0.766. The van der Waals surface area contributed by atoms with Gasteiger partial charge in [0, 0.05) is 32.4 Å². The van der Waals surface area contributed by atoms with Gasteiger partial charge in [-0.2, -0.15) is 0 Å². The number of likely N-dealkylation sites (N-methyl/N-ethyl adjacent to an activating group) is 1. The second-order valence-corrected chi connectivity index (χ2v) is 4.20. The van der Waals surface area contributed by atoms with Crippen LogP contribution in [-0.2, 0) is 11.3 Å². The molecule has 0 aliphatic carbocycles. The lowest BCUT2D eigenvalue weighted by Gasteiger charge is -2.18. The third kappa shape index (κ3) is 4.98. The standard InChI is InChI=1S/C13H24N4O/c1-5-14-10-12-9-11(3)15-13(16-12)17(4)7-8-18-6-2/h9,14H,5-8,10H2,1-4H3. The summed E-state index contributed by atoms with van der Waals surface area (Å²) < 4.78 is 5.34. The summed E-state index contributed by atoms with van der Waals surface area (Å²) in [5.41, 5.74) is 2.03. The maximum absolute atomic E-state index is 5.34. The Bertz CT molecular complexity index is 357. The van der Waals surface area contributed by atoms with Gasteiger partial charge in [0.05, 0.1) is 12.3 Å². The molecule has 0 fully saturated rings. The predicted molar refractivity (Wildman–Crippen MR) is 73.9 cm³/mol. The van der Waals surface area contributed by atoms with Gasteiger partial charge in [0.1, 0.15) is 0 Å². The number of hydrogen-bond donors (Lipinski definition) is 1. The number of anilines is 1. The molecule has 1 aromatic heterocycles. The molecule has 0 spiro atoms. The number of nitrogens with zero attached hydrogens (tertiary/aromatic N) is 3. The molecule has 0 atom stereocenters. The fourth-order valence-corrected chi connectivity index (χ4v) is 1.58. The van der Waals surface area contributed by atoms with Gasteiger partial charge in [0.2, 0.25) is 5.95 Å². The summed E-state index contributed by atoms with van der Waals surface area (Å²) in [4.78, 5) is 11.0. The van der Waals surface area contributed by atoms with Crippen molar-refractivity contribution in [2.24, 2.45) is 0 Å². The van der Waals surface area contributed by atoms with E-state index in [-0.39, 0.29) is 0 Å². The van der Waals surface area contributed by atoms with Crippen molar-refractivity contribution in [3.8, 4) is 0 Å². The molecule has 0 amide bonds. The Kier molecular flexibility index (Phi) is 6.60. The van der Waals surface area contributed by atoms with Crippen LogP contribution in [0.25, 0.3) is 0 Å². The molecular formula is C13H24N4O. The van der Waals surface area contributed by atoms with Crippen LogP contribution in [-0.4, -0.2) is 43.3 Å². The first-order valence-electron chi connectivity index (χ1n) is 6.51. The second kappa shape index (κ2) is 8.00. The summed E-state index contributed by atoms with van der Waals surface area (Å²) in [6, 6.07) is 2.02. The van der Waals surface area contributed by atoms with Crippen LogP contribution >= 0.6 is 0 Å². The molecule has 5 heteroatoms. The Morgan fingerprint density at radius 3 is 2.78 bits per heavy atom. The first-order valence-corrected chi connectivity index (χ1v) is 6.51. The zero-order valence-corrected chi connectivity index (χ0v) is 11.9. The van der Waals surface area contributed by atoms with E-state index in [9.17, 15) is 0 Å². The van der Waals surface area contributed by atoms with Gasteiger partial charge in [-0.25, -0.2) is 9.97 Å². The molecule has 1 rings (SSSR count). The number of aromatic nitrogens is 2. The van der Waals surface area contributed by atoms with Crippen molar-refractivity contribution in [2.75, 3.05) is 38.3 Å². The minimum absolute atomic E-state index is 0.701. The summed E-state index contributed by atoms with van der Waals surface area (Å²) >= 11 is 0. The molecule has 1 heterocycles. The van der Waals surface area contributed by atoms with Gasteiger partial charge in [-0.3, -0.25) is 0 Å². The molecule has 0 unspecified atom stereocenters. The molecule has 0 bridgehead atoms. The molecule has 0 saturated heterocycles. The summed E-state index contributed by atoms with van der Waals surface area (Å²) in [6.45, 7) is 10.1. The van der Waals surface area contributed by atoms with Crippen LogP contribution < -0.4 is 10.2 Å². The Morgan fingerprint density at radius 1 is 1.33 bits per heavy atom. The van der Waals surface area contributed by atoms with Crippen molar-refractivity contribution in [1.29, 1.82) is 0 Å². The minimum Gasteiger partial charge on any atom is -0.380 e. The maximum atomic E-state index is 5.34. The number of nitrogens with one attached hydrogen (secondary N) is 1. The van der Waals surface area contributed by atoms with E-state index >= 15 is 0 Å². The van der Waals surface area contributed by atoms with Crippen LogP contribution in [0.5, 0.6) is 0 Å². The highest BCUT2D eigenvalue weighted by atomic mass is 16.5. The van der Waals surface area contributed by atoms with Gasteiger partial charge in [-0.05, 0) is 26.5 Å². The lowest BCUT2D eigenvalue weighted by Crippen LogP contribution is -2.25. The molecule has 5 nitrogen and oxygen atoms in total. The van der Waals surface area contributed by atoms with Crippen LogP contribution in [0.15, 0.2) is 6.07 Å². The van der Waals surface area contributed by atoms with Crippen molar-refractivity contribution in [1.82, 2.24) is 15.3 Å². The van der Waals surface area contributed by atoms with E-state index in [0.29, 0.717) is 6.61 Å². The third-order valence-electron chi connectivity index (χ3n) is 2.57. The molecule has 0 aliphatic heterocycles. The summed E-state index contributed by atoms with van der Waals surface area (Å²) in [6.07, 6.45) is 0. The predicted octanol–water partition coefficient (Wildman–Crippen LogP) is 1.37. The van der Waals surface area contributed by atoms with Gasteiger partial charge in [0.25, 0.3) is 0 Å².